The number of halogens is 1. The normalized spacial score (nSPS) is 17.9. The first kappa shape index (κ1) is 18.5. The number of nitrogens with zero attached hydrogens (tertiary/aromatic N) is 1. The molecule has 1 atom stereocenters. The fraction of sp³-hybridized carbons (Fsp3) is 0.316. The molecular formula is C19H21FN2O3S. The summed E-state index contributed by atoms with van der Waals surface area (Å²) in [4.78, 5) is 14.2. The molecule has 3 rings (SSSR count). The van der Waals surface area contributed by atoms with Gasteiger partial charge in [0.25, 0.3) is 5.91 Å². The van der Waals surface area contributed by atoms with Gasteiger partial charge in [0.1, 0.15) is 5.82 Å². The average Bonchev–Trinajstić information content (AvgIpc) is 2.63. The fourth-order valence-corrected chi connectivity index (χ4v) is 4.69. The van der Waals surface area contributed by atoms with Crippen LogP contribution in [-0.2, 0) is 10.0 Å². The Morgan fingerprint density at radius 2 is 1.92 bits per heavy atom. The molecule has 7 heteroatoms. The van der Waals surface area contributed by atoms with Crippen molar-refractivity contribution in [2.45, 2.75) is 30.7 Å². The van der Waals surface area contributed by atoms with Crippen LogP contribution >= 0.6 is 0 Å². The number of hydrogen-bond acceptors (Lipinski definition) is 3. The molecular weight excluding hydrogens is 355 g/mol. The minimum Gasteiger partial charge on any atom is -0.337 e. The molecule has 1 aliphatic rings. The first-order valence-electron chi connectivity index (χ1n) is 8.49. The van der Waals surface area contributed by atoms with Crippen LogP contribution in [0.2, 0.25) is 0 Å². The minimum atomic E-state index is -3.85. The topological polar surface area (TPSA) is 66.5 Å². The van der Waals surface area contributed by atoms with Crippen molar-refractivity contribution in [3.05, 3.63) is 65.5 Å². The molecule has 0 spiro atoms. The molecule has 1 N–H and O–H groups in total. The Balaban J connectivity index is 1.74. The van der Waals surface area contributed by atoms with E-state index in [1.807, 2.05) is 6.07 Å². The largest absolute Gasteiger partial charge is 0.337 e. The van der Waals surface area contributed by atoms with Gasteiger partial charge in [0.05, 0.1) is 4.90 Å². The summed E-state index contributed by atoms with van der Waals surface area (Å²) in [5, 5.41) is 0. The maximum atomic E-state index is 13.5. The number of carbonyl (C=O) groups is 1. The van der Waals surface area contributed by atoms with E-state index in [4.69, 9.17) is 0 Å². The number of hydrogen-bond donors (Lipinski definition) is 1. The monoisotopic (exact) mass is 376 g/mol. The summed E-state index contributed by atoms with van der Waals surface area (Å²) in [6, 6.07) is 12.2. The molecule has 5 nitrogen and oxygen atoms in total. The smallest absolute Gasteiger partial charge is 0.253 e. The first-order valence-corrected chi connectivity index (χ1v) is 9.98. The van der Waals surface area contributed by atoms with Crippen molar-refractivity contribution in [2.75, 3.05) is 13.1 Å². The Bertz CT molecular complexity index is 900. The number of benzene rings is 2. The summed E-state index contributed by atoms with van der Waals surface area (Å²) in [6.07, 6.45) is 1.33. The molecule has 1 unspecified atom stereocenters. The third-order valence-corrected chi connectivity index (χ3v) is 6.15. The number of nitrogens with one attached hydrogen (secondary N) is 1. The van der Waals surface area contributed by atoms with E-state index in [9.17, 15) is 17.6 Å². The van der Waals surface area contributed by atoms with Crippen LogP contribution in [0.5, 0.6) is 0 Å². The first-order chi connectivity index (χ1) is 12.4. The van der Waals surface area contributed by atoms with Crippen molar-refractivity contribution in [1.29, 1.82) is 0 Å². The van der Waals surface area contributed by atoms with Crippen molar-refractivity contribution in [3.8, 4) is 0 Å². The van der Waals surface area contributed by atoms with E-state index < -0.39 is 21.9 Å². The van der Waals surface area contributed by atoms with E-state index in [-0.39, 0.29) is 10.8 Å². The molecule has 0 bridgehead atoms. The lowest BCUT2D eigenvalue weighted by molar-refractivity contribution is 0.0703. The predicted molar refractivity (Wildman–Crippen MR) is 96.8 cm³/mol. The van der Waals surface area contributed by atoms with Crippen LogP contribution < -0.4 is 4.72 Å². The third-order valence-electron chi connectivity index (χ3n) is 4.49. The Hall–Kier alpha value is -2.25. The highest BCUT2D eigenvalue weighted by Gasteiger charge is 2.28. The highest BCUT2D eigenvalue weighted by atomic mass is 32.2. The number of aryl methyl sites for hydroxylation is 1. The summed E-state index contributed by atoms with van der Waals surface area (Å²) in [5.41, 5.74) is 1.06. The van der Waals surface area contributed by atoms with Gasteiger partial charge in [-0.25, -0.2) is 17.5 Å². The van der Waals surface area contributed by atoms with Gasteiger partial charge in [-0.1, -0.05) is 24.3 Å². The number of rotatable bonds is 4. The van der Waals surface area contributed by atoms with Crippen LogP contribution in [0.15, 0.2) is 53.4 Å². The second kappa shape index (κ2) is 7.55. The molecule has 26 heavy (non-hydrogen) atoms. The lowest BCUT2D eigenvalue weighted by Crippen LogP contribution is -2.49. The predicted octanol–water partition coefficient (Wildman–Crippen LogP) is 2.72. The van der Waals surface area contributed by atoms with E-state index in [0.717, 1.165) is 6.07 Å². The van der Waals surface area contributed by atoms with Gasteiger partial charge in [-0.2, -0.15) is 0 Å². The second-order valence-corrected chi connectivity index (χ2v) is 8.17. The van der Waals surface area contributed by atoms with E-state index in [2.05, 4.69) is 4.72 Å². The second-order valence-electron chi connectivity index (χ2n) is 6.49. The van der Waals surface area contributed by atoms with Gasteiger partial charge in [-0.05, 0) is 49.6 Å². The van der Waals surface area contributed by atoms with E-state index in [1.165, 1.54) is 12.1 Å². The van der Waals surface area contributed by atoms with Gasteiger partial charge in [-0.3, -0.25) is 4.79 Å². The van der Waals surface area contributed by atoms with Gasteiger partial charge in [0.15, 0.2) is 0 Å². The van der Waals surface area contributed by atoms with E-state index >= 15 is 0 Å². The molecule has 1 amide bonds. The Labute approximate surface area is 152 Å². The molecule has 1 heterocycles. The standard InChI is InChI=1S/C19H21FN2O3S/c1-14-9-10-16(20)12-18(14)26(24,25)21-17-8-5-11-22(13-17)19(23)15-6-3-2-4-7-15/h2-4,6-7,9-10,12,17,21H,5,8,11,13H2,1H3. The van der Waals surface area contributed by atoms with Gasteiger partial charge in [-0.15, -0.1) is 0 Å². The lowest BCUT2D eigenvalue weighted by Gasteiger charge is -2.33. The molecule has 1 saturated heterocycles. The molecule has 1 aliphatic heterocycles. The summed E-state index contributed by atoms with van der Waals surface area (Å²) in [7, 11) is -3.85. The lowest BCUT2D eigenvalue weighted by atomic mass is 10.1. The van der Waals surface area contributed by atoms with Crippen molar-refractivity contribution >= 4 is 15.9 Å². The van der Waals surface area contributed by atoms with Gasteiger partial charge >= 0.3 is 0 Å². The summed E-state index contributed by atoms with van der Waals surface area (Å²) in [5.74, 6) is -0.711. The molecule has 0 aliphatic carbocycles. The Kier molecular flexibility index (Phi) is 5.38. The van der Waals surface area contributed by atoms with Crippen LogP contribution in [0.25, 0.3) is 0 Å². The zero-order chi connectivity index (χ0) is 18.7. The SMILES string of the molecule is Cc1ccc(F)cc1S(=O)(=O)NC1CCCN(C(=O)c2ccccc2)C1. The summed E-state index contributed by atoms with van der Waals surface area (Å²) < 4.78 is 41.4. The summed E-state index contributed by atoms with van der Waals surface area (Å²) >= 11 is 0. The molecule has 1 fully saturated rings. The van der Waals surface area contributed by atoms with Crippen molar-refractivity contribution in [3.63, 3.8) is 0 Å². The summed E-state index contributed by atoms with van der Waals surface area (Å²) in [6.45, 7) is 2.51. The zero-order valence-electron chi connectivity index (χ0n) is 14.5. The molecule has 0 saturated carbocycles. The number of piperidine rings is 1. The third kappa shape index (κ3) is 4.11. The van der Waals surface area contributed by atoms with Crippen molar-refractivity contribution in [1.82, 2.24) is 9.62 Å². The average molecular weight is 376 g/mol. The zero-order valence-corrected chi connectivity index (χ0v) is 15.3. The molecule has 0 aromatic heterocycles. The fourth-order valence-electron chi connectivity index (χ4n) is 3.17. The van der Waals surface area contributed by atoms with Gasteiger partial charge in [0.2, 0.25) is 10.0 Å². The molecule has 0 radical (unpaired) electrons. The molecule has 2 aromatic carbocycles. The highest BCUT2D eigenvalue weighted by molar-refractivity contribution is 7.89. The van der Waals surface area contributed by atoms with Crippen molar-refractivity contribution < 1.29 is 17.6 Å². The molecule has 2 aromatic rings. The van der Waals surface area contributed by atoms with Crippen LogP contribution in [0.3, 0.4) is 0 Å². The van der Waals surface area contributed by atoms with Gasteiger partial charge < -0.3 is 4.90 Å². The minimum absolute atomic E-state index is 0.0657. The maximum Gasteiger partial charge on any atom is 0.253 e. The maximum absolute atomic E-state index is 13.5. The number of amides is 1. The number of likely N-dealkylation sites (tertiary alicyclic amines) is 1. The van der Waals surface area contributed by atoms with Crippen LogP contribution in [0.4, 0.5) is 4.39 Å². The van der Waals surface area contributed by atoms with Crippen molar-refractivity contribution in [2.24, 2.45) is 0 Å². The van der Waals surface area contributed by atoms with E-state index in [0.29, 0.717) is 37.1 Å². The quantitative estimate of drug-likeness (QED) is 0.892. The highest BCUT2D eigenvalue weighted by Crippen LogP contribution is 2.19. The number of sulfonamides is 1. The van der Waals surface area contributed by atoms with Crippen LogP contribution in [-0.4, -0.2) is 38.4 Å². The number of carbonyl (C=O) groups excluding carboxylic acids is 1. The molecule has 138 valence electrons. The van der Waals surface area contributed by atoms with Crippen LogP contribution in [0.1, 0.15) is 28.8 Å². The Morgan fingerprint density at radius 1 is 1.19 bits per heavy atom. The van der Waals surface area contributed by atoms with Gasteiger partial charge in [0, 0.05) is 24.7 Å². The van der Waals surface area contributed by atoms with Crippen LogP contribution in [0, 0.1) is 12.7 Å². The van der Waals surface area contributed by atoms with E-state index in [1.54, 1.807) is 36.1 Å². The Morgan fingerprint density at radius 3 is 2.65 bits per heavy atom.